The van der Waals surface area contributed by atoms with E-state index in [9.17, 15) is 0 Å². The second kappa shape index (κ2) is 8.05. The quantitative estimate of drug-likeness (QED) is 0.374. The highest BCUT2D eigenvalue weighted by molar-refractivity contribution is 9.09. The molecule has 4 aliphatic carbocycles. The molecule has 6 aliphatic rings. The summed E-state index contributed by atoms with van der Waals surface area (Å²) in [5.41, 5.74) is 1.63. The minimum absolute atomic E-state index is 0.779. The van der Waals surface area contributed by atoms with Gasteiger partial charge in [-0.3, -0.25) is 4.90 Å². The molecule has 0 aromatic heterocycles. The lowest BCUT2D eigenvalue weighted by atomic mass is 9.52. The van der Waals surface area contributed by atoms with Crippen molar-refractivity contribution < 1.29 is 0 Å². The maximum absolute atomic E-state index is 4.26. The van der Waals surface area contributed by atoms with Gasteiger partial charge in [0.25, 0.3) is 0 Å². The molecule has 2 saturated heterocycles. The van der Waals surface area contributed by atoms with Crippen molar-refractivity contribution in [2.75, 3.05) is 0 Å². The fraction of sp³-hybridized carbons (Fsp3) is 0.786. The van der Waals surface area contributed by atoms with Crippen LogP contribution in [0.25, 0.3) is 0 Å². The van der Waals surface area contributed by atoms with Gasteiger partial charge in [0.05, 0.1) is 0 Å². The molecule has 0 radical (unpaired) electrons. The highest BCUT2D eigenvalue weighted by Gasteiger charge is 2.62. The molecule has 1 aromatic rings. The summed E-state index contributed by atoms with van der Waals surface area (Å²) in [5, 5.41) is 1.83. The van der Waals surface area contributed by atoms with Crippen LogP contribution in [0, 0.1) is 23.7 Å². The van der Waals surface area contributed by atoms with E-state index in [2.05, 4.69) is 62.9 Å². The van der Waals surface area contributed by atoms with Crippen LogP contribution in [0.1, 0.15) is 82.1 Å². The van der Waals surface area contributed by atoms with Gasteiger partial charge in [0.2, 0.25) is 0 Å². The SMILES string of the molecule is BrC1CC2SC3CCCCC3N3C4CCC(c5ccccc5)CC4C4CCCC1C4C23. The van der Waals surface area contributed by atoms with Crippen LogP contribution in [0.5, 0.6) is 0 Å². The Morgan fingerprint density at radius 3 is 2.48 bits per heavy atom. The van der Waals surface area contributed by atoms with Crippen molar-refractivity contribution in [1.82, 2.24) is 4.90 Å². The average Bonchev–Trinajstić information content (AvgIpc) is 2.83. The summed E-state index contributed by atoms with van der Waals surface area (Å²) in [4.78, 5) is 4.05. The van der Waals surface area contributed by atoms with E-state index < -0.39 is 0 Å². The molecular formula is C28H38BrNS. The topological polar surface area (TPSA) is 3.24 Å². The van der Waals surface area contributed by atoms with E-state index in [1.165, 1.54) is 70.6 Å². The lowest BCUT2D eigenvalue weighted by Gasteiger charge is -2.68. The normalized spacial score (nSPS) is 51.3. The Morgan fingerprint density at radius 2 is 1.58 bits per heavy atom. The lowest BCUT2D eigenvalue weighted by Crippen LogP contribution is -2.73. The lowest BCUT2D eigenvalue weighted by molar-refractivity contribution is -0.138. The van der Waals surface area contributed by atoms with E-state index in [1.54, 1.807) is 5.56 Å². The molecule has 1 nitrogen and oxygen atoms in total. The van der Waals surface area contributed by atoms with E-state index in [0.717, 1.165) is 63.0 Å². The van der Waals surface area contributed by atoms with E-state index in [-0.39, 0.29) is 0 Å². The Bertz CT molecular complexity index is 799. The van der Waals surface area contributed by atoms with E-state index >= 15 is 0 Å². The third-order valence-corrected chi connectivity index (χ3v) is 13.3. The Morgan fingerprint density at radius 1 is 0.742 bits per heavy atom. The van der Waals surface area contributed by atoms with Gasteiger partial charge in [-0.05, 0) is 86.5 Å². The zero-order valence-electron chi connectivity index (χ0n) is 18.7. The predicted molar refractivity (Wildman–Crippen MR) is 135 cm³/mol. The number of nitrogens with zero attached hydrogens (tertiary/aromatic N) is 1. The number of benzene rings is 1. The van der Waals surface area contributed by atoms with Crippen LogP contribution in [-0.2, 0) is 0 Å². The molecule has 11 atom stereocenters. The Hall–Kier alpha value is 0.01000. The van der Waals surface area contributed by atoms with Crippen LogP contribution < -0.4 is 0 Å². The van der Waals surface area contributed by atoms with Crippen molar-refractivity contribution in [2.45, 2.75) is 110 Å². The maximum atomic E-state index is 4.26. The Kier molecular flexibility index (Phi) is 5.29. The van der Waals surface area contributed by atoms with Gasteiger partial charge in [-0.25, -0.2) is 0 Å². The second-order valence-electron chi connectivity index (χ2n) is 11.7. The van der Waals surface area contributed by atoms with Crippen LogP contribution >= 0.6 is 27.7 Å². The molecule has 2 heterocycles. The number of halogens is 1. The zero-order valence-corrected chi connectivity index (χ0v) is 21.2. The number of fused-ring (bicyclic) bond motifs is 5. The molecule has 11 unspecified atom stereocenters. The fourth-order valence-electron chi connectivity index (χ4n) is 9.57. The third-order valence-electron chi connectivity index (χ3n) is 10.6. The summed E-state index contributed by atoms with van der Waals surface area (Å²) in [6.07, 6.45) is 16.2. The zero-order chi connectivity index (χ0) is 20.5. The monoisotopic (exact) mass is 499 g/mol. The molecule has 0 bridgehead atoms. The number of piperidine rings is 1. The first-order valence-corrected chi connectivity index (χ1v) is 15.3. The molecule has 1 aromatic carbocycles. The number of thioether (sulfide) groups is 1. The first-order chi connectivity index (χ1) is 15.3. The molecule has 3 heteroatoms. The van der Waals surface area contributed by atoms with E-state index in [0.29, 0.717) is 0 Å². The third kappa shape index (κ3) is 3.18. The van der Waals surface area contributed by atoms with Gasteiger partial charge in [0.15, 0.2) is 0 Å². The molecule has 0 spiro atoms. The summed E-state index contributed by atoms with van der Waals surface area (Å²) in [6.45, 7) is 0. The molecule has 0 N–H and O–H groups in total. The predicted octanol–water partition coefficient (Wildman–Crippen LogP) is 7.25. The second-order valence-corrected chi connectivity index (χ2v) is 14.4. The molecule has 2 aliphatic heterocycles. The molecule has 6 fully saturated rings. The summed E-state index contributed by atoms with van der Waals surface area (Å²) in [5.74, 6) is 4.68. The average molecular weight is 501 g/mol. The van der Waals surface area contributed by atoms with Gasteiger partial charge in [-0.1, -0.05) is 65.5 Å². The fourth-order valence-corrected chi connectivity index (χ4v) is 12.8. The highest BCUT2D eigenvalue weighted by Crippen LogP contribution is 2.62. The molecule has 0 amide bonds. The Balaban J connectivity index is 1.28. The van der Waals surface area contributed by atoms with Crippen molar-refractivity contribution in [3.63, 3.8) is 0 Å². The first kappa shape index (κ1) is 20.4. The van der Waals surface area contributed by atoms with Gasteiger partial charge < -0.3 is 0 Å². The standard InChI is InChI=1S/C28H38BrNS/c29-22-16-26-28-27-19(9-6-10-20(22)27)21-15-18(17-7-2-1-3-8-17)13-14-23(21)30(28)24-11-4-5-12-25(24)31-26/h1-3,7-8,18-28H,4-6,9-16H2. The molecule has 31 heavy (non-hydrogen) atoms. The van der Waals surface area contributed by atoms with Crippen LogP contribution in [0.15, 0.2) is 30.3 Å². The van der Waals surface area contributed by atoms with E-state index in [4.69, 9.17) is 0 Å². The number of hydrogen-bond donors (Lipinski definition) is 0. The van der Waals surface area contributed by atoms with Crippen molar-refractivity contribution in [3.05, 3.63) is 35.9 Å². The summed E-state index contributed by atoms with van der Waals surface area (Å²) in [6, 6.07) is 14.3. The van der Waals surface area contributed by atoms with Crippen LogP contribution in [0.3, 0.4) is 0 Å². The van der Waals surface area contributed by atoms with E-state index in [1.807, 2.05) is 0 Å². The van der Waals surface area contributed by atoms with Gasteiger partial charge in [-0.15, -0.1) is 0 Å². The van der Waals surface area contributed by atoms with Crippen molar-refractivity contribution in [3.8, 4) is 0 Å². The minimum Gasteiger partial charge on any atom is -0.292 e. The van der Waals surface area contributed by atoms with Crippen molar-refractivity contribution in [2.24, 2.45) is 23.7 Å². The summed E-state index contributed by atoms with van der Waals surface area (Å²) in [7, 11) is 0. The largest absolute Gasteiger partial charge is 0.292 e. The van der Waals surface area contributed by atoms with Gasteiger partial charge in [0, 0.05) is 33.5 Å². The minimum atomic E-state index is 0.779. The number of hydrogen-bond acceptors (Lipinski definition) is 2. The molecule has 168 valence electrons. The van der Waals surface area contributed by atoms with Crippen molar-refractivity contribution >= 4 is 27.7 Å². The Labute approximate surface area is 201 Å². The molecular weight excluding hydrogens is 462 g/mol. The number of alkyl halides is 1. The first-order valence-electron chi connectivity index (χ1n) is 13.4. The summed E-state index contributed by atoms with van der Waals surface area (Å²) < 4.78 is 0. The van der Waals surface area contributed by atoms with Gasteiger partial charge in [-0.2, -0.15) is 11.8 Å². The van der Waals surface area contributed by atoms with Crippen LogP contribution in [0.4, 0.5) is 0 Å². The maximum Gasteiger partial charge on any atom is 0.0255 e. The van der Waals surface area contributed by atoms with Crippen LogP contribution in [0.2, 0.25) is 0 Å². The smallest absolute Gasteiger partial charge is 0.0255 e. The summed E-state index contributed by atoms with van der Waals surface area (Å²) >= 11 is 6.72. The molecule has 7 rings (SSSR count). The highest BCUT2D eigenvalue weighted by atomic mass is 79.9. The van der Waals surface area contributed by atoms with Crippen LogP contribution in [-0.4, -0.2) is 38.4 Å². The number of rotatable bonds is 1. The van der Waals surface area contributed by atoms with Crippen molar-refractivity contribution in [1.29, 1.82) is 0 Å². The van der Waals surface area contributed by atoms with Gasteiger partial charge >= 0.3 is 0 Å². The van der Waals surface area contributed by atoms with Gasteiger partial charge in [0.1, 0.15) is 0 Å². The molecule has 4 saturated carbocycles.